The zero-order valence-electron chi connectivity index (χ0n) is 16.0. The minimum atomic E-state index is -1.13. The van der Waals surface area contributed by atoms with E-state index < -0.39 is 9.12 Å². The first kappa shape index (κ1) is 22.8. The van der Waals surface area contributed by atoms with Crippen LogP contribution in [0.5, 0.6) is 0 Å². The summed E-state index contributed by atoms with van der Waals surface area (Å²) < 4.78 is 10.2. The molecule has 0 rings (SSSR count). The fraction of sp³-hybridized carbons (Fsp3) is 0.889. The lowest BCUT2D eigenvalue weighted by molar-refractivity contribution is 0.192. The number of unbranched alkanes of at least 4 members (excludes halogenated alkanes) is 6. The topological polar surface area (TPSA) is 42.5 Å². The van der Waals surface area contributed by atoms with E-state index in [9.17, 15) is 0 Å². The Balaban J connectivity index is 3.67. The Labute approximate surface area is 146 Å². The molecule has 0 amide bonds. The Morgan fingerprint density at radius 2 is 1.17 bits per heavy atom. The third kappa shape index (κ3) is 18.0. The van der Waals surface area contributed by atoms with Crippen molar-refractivity contribution in [3.63, 3.8) is 0 Å². The number of nitrogens with one attached hydrogen (secondary N) is 2. The summed E-state index contributed by atoms with van der Waals surface area (Å²) in [6.45, 7) is 8.45. The van der Waals surface area contributed by atoms with Gasteiger partial charge in [0.1, 0.15) is 0 Å². The molecule has 138 valence electrons. The molecule has 0 spiro atoms. The van der Waals surface area contributed by atoms with Crippen LogP contribution in [-0.2, 0) is 9.47 Å². The number of ether oxygens (including phenoxy) is 2. The molecule has 0 unspecified atom stereocenters. The van der Waals surface area contributed by atoms with Crippen molar-refractivity contribution in [2.75, 3.05) is 40.5 Å². The molecular formula is C18H40N2O2Si. The van der Waals surface area contributed by atoms with Crippen LogP contribution in [0.2, 0.25) is 0 Å². The van der Waals surface area contributed by atoms with Crippen molar-refractivity contribution >= 4 is 9.12 Å². The molecule has 4 nitrogen and oxygen atoms in total. The first-order valence-corrected chi connectivity index (χ1v) is 11.1. The molecule has 5 heteroatoms. The molecule has 0 aromatic heterocycles. The molecule has 0 bridgehead atoms. The van der Waals surface area contributed by atoms with Crippen molar-refractivity contribution in [3.8, 4) is 0 Å². The van der Waals surface area contributed by atoms with Gasteiger partial charge in [-0.15, -0.1) is 0 Å². The van der Waals surface area contributed by atoms with E-state index in [1.54, 1.807) is 14.2 Å². The molecule has 0 heterocycles. The average molecular weight is 345 g/mol. The summed E-state index contributed by atoms with van der Waals surface area (Å²) in [7, 11) is 2.42. The van der Waals surface area contributed by atoms with Crippen molar-refractivity contribution in [1.29, 1.82) is 0 Å². The lowest BCUT2D eigenvalue weighted by atomic mass is 10.2. The van der Waals surface area contributed by atoms with Crippen molar-refractivity contribution in [3.05, 3.63) is 11.3 Å². The standard InChI is InChI=1S/C18H40N2O2Si/c1-18(2)17-23(19-13-9-5-7-11-15-21-3)20-14-10-6-8-12-16-22-4/h17,19-20,23H,5-16H2,1-4H3. The fourth-order valence-electron chi connectivity index (χ4n) is 2.49. The normalized spacial score (nSPS) is 11.2. The van der Waals surface area contributed by atoms with Gasteiger partial charge in [-0.05, 0) is 52.6 Å². The van der Waals surface area contributed by atoms with Crippen LogP contribution < -0.4 is 9.96 Å². The van der Waals surface area contributed by atoms with Gasteiger partial charge in [-0.2, -0.15) is 0 Å². The average Bonchev–Trinajstić information content (AvgIpc) is 2.52. The van der Waals surface area contributed by atoms with Crippen molar-refractivity contribution in [2.24, 2.45) is 0 Å². The number of rotatable bonds is 17. The minimum absolute atomic E-state index is 0.897. The van der Waals surface area contributed by atoms with Gasteiger partial charge < -0.3 is 19.4 Å². The first-order chi connectivity index (χ1) is 11.2. The first-order valence-electron chi connectivity index (χ1n) is 9.30. The summed E-state index contributed by atoms with van der Waals surface area (Å²) in [4.78, 5) is 7.51. The van der Waals surface area contributed by atoms with E-state index in [1.165, 1.54) is 56.9 Å². The summed E-state index contributed by atoms with van der Waals surface area (Å²) in [5, 5.41) is 0. The largest absolute Gasteiger partial charge is 0.385 e. The monoisotopic (exact) mass is 344 g/mol. The summed E-state index contributed by atoms with van der Waals surface area (Å²) in [5.74, 6) is 0. The highest BCUT2D eigenvalue weighted by molar-refractivity contribution is 6.59. The van der Waals surface area contributed by atoms with Crippen LogP contribution in [0.15, 0.2) is 11.3 Å². The van der Waals surface area contributed by atoms with Gasteiger partial charge in [0.05, 0.1) is 0 Å². The van der Waals surface area contributed by atoms with E-state index in [1.807, 2.05) is 0 Å². The molecule has 0 aliphatic carbocycles. The molecule has 0 fully saturated rings. The van der Waals surface area contributed by atoms with Crippen LogP contribution in [0, 0.1) is 0 Å². The Hall–Kier alpha value is -0.203. The van der Waals surface area contributed by atoms with E-state index in [-0.39, 0.29) is 0 Å². The van der Waals surface area contributed by atoms with Crippen LogP contribution in [0.3, 0.4) is 0 Å². The van der Waals surface area contributed by atoms with E-state index >= 15 is 0 Å². The number of methoxy groups -OCH3 is 2. The van der Waals surface area contributed by atoms with E-state index in [0.29, 0.717) is 0 Å². The summed E-state index contributed by atoms with van der Waals surface area (Å²) in [6.07, 6.45) is 10.1. The SMILES string of the molecule is COCCCCCCN[SiH](C=C(C)C)NCCCCCCOC. The smallest absolute Gasteiger partial charge is 0.210 e. The Bertz CT molecular complexity index is 254. The van der Waals surface area contributed by atoms with Gasteiger partial charge in [0.2, 0.25) is 9.12 Å². The van der Waals surface area contributed by atoms with Gasteiger partial charge in [0.25, 0.3) is 0 Å². The van der Waals surface area contributed by atoms with Crippen molar-refractivity contribution in [1.82, 2.24) is 9.96 Å². The lowest BCUT2D eigenvalue weighted by Gasteiger charge is -2.16. The number of hydrogen-bond acceptors (Lipinski definition) is 4. The lowest BCUT2D eigenvalue weighted by Crippen LogP contribution is -2.47. The van der Waals surface area contributed by atoms with Crippen molar-refractivity contribution < 1.29 is 9.47 Å². The summed E-state index contributed by atoms with van der Waals surface area (Å²) in [5.41, 5.74) is 3.84. The van der Waals surface area contributed by atoms with Gasteiger partial charge in [-0.1, -0.05) is 37.0 Å². The maximum Gasteiger partial charge on any atom is 0.210 e. The maximum atomic E-state index is 5.08. The third-order valence-electron chi connectivity index (χ3n) is 3.78. The molecule has 0 saturated carbocycles. The molecule has 0 radical (unpaired) electrons. The molecule has 0 aromatic carbocycles. The quantitative estimate of drug-likeness (QED) is 0.314. The molecule has 2 N–H and O–H groups in total. The molecule has 0 aliphatic heterocycles. The van der Waals surface area contributed by atoms with Crippen LogP contribution in [0.4, 0.5) is 0 Å². The summed E-state index contributed by atoms with van der Waals surface area (Å²) >= 11 is 0. The maximum absolute atomic E-state index is 5.08. The minimum Gasteiger partial charge on any atom is -0.385 e. The van der Waals surface area contributed by atoms with Gasteiger partial charge in [-0.25, -0.2) is 0 Å². The molecule has 0 aliphatic rings. The number of hydrogen-bond donors (Lipinski definition) is 2. The van der Waals surface area contributed by atoms with Gasteiger partial charge >= 0.3 is 0 Å². The highest BCUT2D eigenvalue weighted by atomic mass is 28.3. The van der Waals surface area contributed by atoms with Gasteiger partial charge in [0, 0.05) is 27.4 Å². The Morgan fingerprint density at radius 1 is 0.739 bits per heavy atom. The highest BCUT2D eigenvalue weighted by Gasteiger charge is 2.06. The summed E-state index contributed by atoms with van der Waals surface area (Å²) in [6, 6.07) is 0. The van der Waals surface area contributed by atoms with Crippen LogP contribution in [0.1, 0.15) is 65.2 Å². The molecular weight excluding hydrogens is 304 g/mol. The zero-order valence-corrected chi connectivity index (χ0v) is 17.1. The second-order valence-corrected chi connectivity index (χ2v) is 8.55. The second-order valence-electron chi connectivity index (χ2n) is 6.44. The van der Waals surface area contributed by atoms with Gasteiger partial charge in [-0.3, -0.25) is 0 Å². The van der Waals surface area contributed by atoms with Crippen LogP contribution in [-0.4, -0.2) is 49.6 Å². The predicted molar refractivity (Wildman–Crippen MR) is 103 cm³/mol. The predicted octanol–water partition coefficient (Wildman–Crippen LogP) is 3.31. The number of allylic oxidation sites excluding steroid dienone is 1. The molecule has 23 heavy (non-hydrogen) atoms. The fourth-order valence-corrected chi connectivity index (χ4v) is 4.57. The molecule has 0 atom stereocenters. The van der Waals surface area contributed by atoms with Gasteiger partial charge in [0.15, 0.2) is 0 Å². The van der Waals surface area contributed by atoms with Crippen LogP contribution in [0.25, 0.3) is 0 Å². The van der Waals surface area contributed by atoms with E-state index in [2.05, 4.69) is 29.5 Å². The molecule has 0 saturated heterocycles. The Morgan fingerprint density at radius 3 is 1.57 bits per heavy atom. The van der Waals surface area contributed by atoms with Crippen molar-refractivity contribution in [2.45, 2.75) is 65.2 Å². The van der Waals surface area contributed by atoms with E-state index in [0.717, 1.165) is 26.3 Å². The van der Waals surface area contributed by atoms with E-state index in [4.69, 9.17) is 9.47 Å². The highest BCUT2D eigenvalue weighted by Crippen LogP contribution is 2.00. The van der Waals surface area contributed by atoms with Crippen LogP contribution >= 0.6 is 0 Å². The second kappa shape index (κ2) is 18.1. The molecule has 0 aromatic rings. The Kier molecular flexibility index (Phi) is 18.0. The third-order valence-corrected chi connectivity index (χ3v) is 6.24. The zero-order chi connectivity index (χ0) is 17.2.